The molecule has 134 valence electrons. The first-order chi connectivity index (χ1) is 11.8. The number of benzene rings is 1. The lowest BCUT2D eigenvalue weighted by Gasteiger charge is -2.37. The number of ether oxygens (including phenoxy) is 2. The molecule has 25 heavy (non-hydrogen) atoms. The van der Waals surface area contributed by atoms with Crippen molar-refractivity contribution < 1.29 is 29.0 Å². The molecule has 1 amide bonds. The van der Waals surface area contributed by atoms with Gasteiger partial charge in [-0.1, -0.05) is 0 Å². The number of Topliss-reactive ketones (excluding diaryl/α,β-unsaturated/α-hetero) is 1. The van der Waals surface area contributed by atoms with Gasteiger partial charge in [0.2, 0.25) is 5.91 Å². The highest BCUT2D eigenvalue weighted by Crippen LogP contribution is 2.41. The van der Waals surface area contributed by atoms with Crippen molar-refractivity contribution in [3.05, 3.63) is 23.8 Å². The predicted octanol–water partition coefficient (Wildman–Crippen LogP) is 1.88. The Kier molecular flexibility index (Phi) is 4.41. The van der Waals surface area contributed by atoms with Gasteiger partial charge in [0.05, 0.1) is 19.1 Å². The maximum absolute atomic E-state index is 12.6. The topological polar surface area (TPSA) is 93.1 Å². The lowest BCUT2D eigenvalue weighted by Crippen LogP contribution is -2.45. The summed E-state index contributed by atoms with van der Waals surface area (Å²) in [5.41, 5.74) is -0.267. The molecule has 0 aliphatic carbocycles. The summed E-state index contributed by atoms with van der Waals surface area (Å²) in [7, 11) is 1.54. The Morgan fingerprint density at radius 1 is 1.36 bits per heavy atom. The molecule has 1 fully saturated rings. The fourth-order valence-corrected chi connectivity index (χ4v) is 3.48. The molecular weight excluding hydrogens is 326 g/mol. The Balaban J connectivity index is 1.86. The fraction of sp³-hybridized carbons (Fsp3) is 0.500. The van der Waals surface area contributed by atoms with Gasteiger partial charge in [-0.25, -0.2) is 4.79 Å². The second-order valence-electron chi connectivity index (χ2n) is 6.60. The molecule has 2 atom stereocenters. The third-order valence-electron chi connectivity index (χ3n) is 5.05. The van der Waals surface area contributed by atoms with Crippen molar-refractivity contribution in [3.8, 4) is 11.5 Å². The summed E-state index contributed by atoms with van der Waals surface area (Å²) < 4.78 is 11.4. The summed E-state index contributed by atoms with van der Waals surface area (Å²) >= 11 is 0. The van der Waals surface area contributed by atoms with Crippen molar-refractivity contribution in [3.63, 3.8) is 0 Å². The number of hydrogen-bond acceptors (Lipinski definition) is 5. The highest BCUT2D eigenvalue weighted by Gasteiger charge is 2.44. The van der Waals surface area contributed by atoms with Crippen LogP contribution in [0.3, 0.4) is 0 Å². The second kappa shape index (κ2) is 6.38. The monoisotopic (exact) mass is 347 g/mol. The zero-order chi connectivity index (χ0) is 18.2. The van der Waals surface area contributed by atoms with E-state index in [9.17, 15) is 19.5 Å². The summed E-state index contributed by atoms with van der Waals surface area (Å²) in [5, 5.41) is 9.18. The number of carbonyl (C=O) groups is 3. The van der Waals surface area contributed by atoms with E-state index in [-0.39, 0.29) is 31.1 Å². The Bertz CT molecular complexity index is 730. The van der Waals surface area contributed by atoms with Crippen molar-refractivity contribution in [1.82, 2.24) is 4.90 Å². The maximum Gasteiger partial charge on any atom is 0.326 e. The van der Waals surface area contributed by atoms with E-state index >= 15 is 0 Å². The van der Waals surface area contributed by atoms with Crippen LogP contribution in [0.5, 0.6) is 11.5 Å². The molecule has 1 N–H and O–H groups in total. The molecule has 2 heterocycles. The molecule has 7 nitrogen and oxygen atoms in total. The minimum atomic E-state index is -1.04. The van der Waals surface area contributed by atoms with E-state index in [1.54, 1.807) is 18.2 Å². The van der Waals surface area contributed by atoms with Gasteiger partial charge in [0.15, 0.2) is 5.78 Å². The summed E-state index contributed by atoms with van der Waals surface area (Å²) in [4.78, 5) is 37.4. The average molecular weight is 347 g/mol. The lowest BCUT2D eigenvalue weighted by molar-refractivity contribution is -0.149. The highest BCUT2D eigenvalue weighted by molar-refractivity contribution is 6.00. The summed E-state index contributed by atoms with van der Waals surface area (Å²) in [6.07, 6.45) is 1.15. The summed E-state index contributed by atoms with van der Waals surface area (Å²) in [6, 6.07) is 4.18. The molecule has 1 spiro atoms. The number of amides is 1. The van der Waals surface area contributed by atoms with Crippen LogP contribution in [0.4, 0.5) is 0 Å². The van der Waals surface area contributed by atoms with E-state index in [0.717, 1.165) is 0 Å². The van der Waals surface area contributed by atoms with Crippen LogP contribution in [0.2, 0.25) is 0 Å². The van der Waals surface area contributed by atoms with Crippen LogP contribution in [0.25, 0.3) is 0 Å². The number of rotatable bonds is 3. The predicted molar refractivity (Wildman–Crippen MR) is 88.0 cm³/mol. The number of likely N-dealkylation sites (tertiary alicyclic amines) is 1. The smallest absolute Gasteiger partial charge is 0.326 e. The number of nitrogens with zero attached hydrogens (tertiary/aromatic N) is 1. The minimum Gasteiger partial charge on any atom is -0.497 e. The normalized spacial score (nSPS) is 24.3. The number of carboxylic acid groups (broad SMARTS) is 1. The molecule has 0 radical (unpaired) electrons. The molecule has 1 aromatic carbocycles. The Hall–Kier alpha value is -2.57. The minimum absolute atomic E-state index is 0.0314. The summed E-state index contributed by atoms with van der Waals surface area (Å²) in [5.74, 6) is -0.243. The molecule has 2 aliphatic heterocycles. The third kappa shape index (κ3) is 3.18. The molecular formula is C18H21NO6. The zero-order valence-electron chi connectivity index (χ0n) is 14.3. The number of carbonyl (C=O) groups excluding carboxylic acids is 2. The largest absolute Gasteiger partial charge is 0.497 e. The van der Waals surface area contributed by atoms with Crippen molar-refractivity contribution in [1.29, 1.82) is 0 Å². The van der Waals surface area contributed by atoms with Gasteiger partial charge in [0.1, 0.15) is 23.1 Å². The number of methoxy groups -OCH3 is 1. The average Bonchev–Trinajstić information content (AvgIpc) is 2.73. The first kappa shape index (κ1) is 17.3. The molecule has 0 unspecified atom stereocenters. The first-order valence-electron chi connectivity index (χ1n) is 8.28. The van der Waals surface area contributed by atoms with Crippen molar-refractivity contribution >= 4 is 17.7 Å². The molecule has 1 aromatic rings. The first-order valence-corrected chi connectivity index (χ1v) is 8.28. The molecule has 0 aromatic heterocycles. The van der Waals surface area contributed by atoms with Crippen molar-refractivity contribution in [2.45, 2.75) is 44.2 Å². The van der Waals surface area contributed by atoms with E-state index in [0.29, 0.717) is 29.9 Å². The molecule has 0 bridgehead atoms. The van der Waals surface area contributed by atoms with Gasteiger partial charge in [-0.2, -0.15) is 0 Å². The number of hydrogen-bond donors (Lipinski definition) is 1. The van der Waals surface area contributed by atoms with E-state index in [1.165, 1.54) is 18.9 Å². The van der Waals surface area contributed by atoms with Crippen LogP contribution in [-0.4, -0.2) is 53.0 Å². The Morgan fingerprint density at radius 3 is 2.80 bits per heavy atom. The second-order valence-corrected chi connectivity index (χ2v) is 6.60. The standard InChI is InChI=1S/C18H21NO6/c1-11(17(22)23)19-8-7-18(6-5-16(19)21)10-14(20)13-4-3-12(24-2)9-15(13)25-18/h3-4,9,11H,5-8,10H2,1-2H3,(H,22,23)/t11-,18-/m0/s1. The number of carboxylic acids is 1. The van der Waals surface area contributed by atoms with Crippen LogP contribution >= 0.6 is 0 Å². The van der Waals surface area contributed by atoms with E-state index in [4.69, 9.17) is 9.47 Å². The molecule has 0 saturated carbocycles. The Labute approximate surface area is 145 Å². The van der Waals surface area contributed by atoms with Gasteiger partial charge >= 0.3 is 5.97 Å². The maximum atomic E-state index is 12.6. The van der Waals surface area contributed by atoms with Gasteiger partial charge < -0.3 is 19.5 Å². The van der Waals surface area contributed by atoms with Crippen molar-refractivity contribution in [2.75, 3.05) is 13.7 Å². The number of ketones is 1. The number of aliphatic carboxylic acids is 1. The lowest BCUT2D eigenvalue weighted by atomic mass is 9.84. The van der Waals surface area contributed by atoms with Gasteiger partial charge in [-0.15, -0.1) is 0 Å². The zero-order valence-corrected chi connectivity index (χ0v) is 14.3. The molecule has 2 aliphatic rings. The van der Waals surface area contributed by atoms with Gasteiger partial charge in [-0.05, 0) is 25.5 Å². The van der Waals surface area contributed by atoms with Crippen LogP contribution in [0, 0.1) is 0 Å². The van der Waals surface area contributed by atoms with Crippen LogP contribution in [0.1, 0.15) is 43.0 Å². The Morgan fingerprint density at radius 2 is 2.12 bits per heavy atom. The van der Waals surface area contributed by atoms with Gasteiger partial charge in [-0.3, -0.25) is 9.59 Å². The van der Waals surface area contributed by atoms with E-state index in [2.05, 4.69) is 0 Å². The molecule has 3 rings (SSSR count). The molecule has 7 heteroatoms. The number of fused-ring (bicyclic) bond motifs is 1. The quantitative estimate of drug-likeness (QED) is 0.897. The highest BCUT2D eigenvalue weighted by atomic mass is 16.5. The fourth-order valence-electron chi connectivity index (χ4n) is 3.48. The van der Waals surface area contributed by atoms with Gasteiger partial charge in [0.25, 0.3) is 0 Å². The van der Waals surface area contributed by atoms with Crippen LogP contribution in [-0.2, 0) is 9.59 Å². The van der Waals surface area contributed by atoms with Crippen molar-refractivity contribution in [2.24, 2.45) is 0 Å². The van der Waals surface area contributed by atoms with E-state index in [1.807, 2.05) is 0 Å². The van der Waals surface area contributed by atoms with Crippen LogP contribution in [0.15, 0.2) is 18.2 Å². The molecule has 1 saturated heterocycles. The van der Waals surface area contributed by atoms with E-state index < -0.39 is 17.6 Å². The van der Waals surface area contributed by atoms with Gasteiger partial charge in [0, 0.05) is 25.5 Å². The SMILES string of the molecule is COc1ccc2c(c1)O[C@]1(CCC(=O)N([C@@H](C)C(=O)O)CC1)CC2=O. The third-order valence-corrected chi connectivity index (χ3v) is 5.05. The van der Waals surface area contributed by atoms with Crippen LogP contribution < -0.4 is 9.47 Å². The summed E-state index contributed by atoms with van der Waals surface area (Å²) in [6.45, 7) is 1.74.